The Morgan fingerprint density at radius 3 is 2.68 bits per heavy atom. The highest BCUT2D eigenvalue weighted by Gasteiger charge is 2.28. The van der Waals surface area contributed by atoms with E-state index >= 15 is 0 Å². The topological polar surface area (TPSA) is 105 Å². The molecule has 148 valence electrons. The second kappa shape index (κ2) is 8.47. The maximum Gasteiger partial charge on any atom is 0.270 e. The average Bonchev–Trinajstić information content (AvgIpc) is 3.16. The number of nitro groups is 1. The third kappa shape index (κ3) is 4.53. The molecule has 0 bridgehead atoms. The summed E-state index contributed by atoms with van der Waals surface area (Å²) in [4.78, 5) is 41.2. The molecule has 0 atom stereocenters. The first-order valence-corrected chi connectivity index (χ1v) is 10.0. The van der Waals surface area contributed by atoms with Crippen molar-refractivity contribution in [2.75, 3.05) is 18.4 Å². The van der Waals surface area contributed by atoms with E-state index in [0.29, 0.717) is 42.3 Å². The van der Waals surface area contributed by atoms with E-state index in [0.717, 1.165) is 0 Å². The normalized spacial score (nSPS) is 14.9. The summed E-state index contributed by atoms with van der Waals surface area (Å²) in [7, 11) is 0. The Bertz CT molecular complexity index is 888. The Morgan fingerprint density at radius 2 is 2.04 bits per heavy atom. The lowest BCUT2D eigenvalue weighted by atomic mass is 9.95. The van der Waals surface area contributed by atoms with Crippen LogP contribution in [0.3, 0.4) is 0 Å². The summed E-state index contributed by atoms with van der Waals surface area (Å²) in [5.41, 5.74) is 1.21. The molecule has 9 heteroatoms. The number of likely N-dealkylation sites (tertiary alicyclic amines) is 1. The minimum Gasteiger partial charge on any atom is -0.342 e. The van der Waals surface area contributed by atoms with Gasteiger partial charge >= 0.3 is 0 Å². The minimum atomic E-state index is -0.449. The number of hydrogen-bond acceptors (Lipinski definition) is 6. The molecule has 0 saturated carbocycles. The van der Waals surface area contributed by atoms with Crippen LogP contribution >= 0.6 is 11.3 Å². The first-order valence-electron chi connectivity index (χ1n) is 9.15. The number of piperidine rings is 1. The second-order valence-electron chi connectivity index (χ2n) is 7.09. The summed E-state index contributed by atoms with van der Waals surface area (Å²) < 4.78 is 0. The lowest BCUT2D eigenvalue weighted by Gasteiger charge is -2.32. The number of rotatable bonds is 5. The van der Waals surface area contributed by atoms with Crippen LogP contribution in [0.15, 0.2) is 29.6 Å². The monoisotopic (exact) mass is 402 g/mol. The van der Waals surface area contributed by atoms with Crippen molar-refractivity contribution in [3.05, 3.63) is 39.8 Å². The molecule has 1 saturated heterocycles. The smallest absolute Gasteiger partial charge is 0.270 e. The number of amides is 2. The van der Waals surface area contributed by atoms with Gasteiger partial charge < -0.3 is 10.2 Å². The standard InChI is InChI=1S/C19H22N4O4S/c1-12(2)18(25)22-8-6-13(7-9-22)17(24)21-19-20-16(11-28-19)14-4-3-5-15(10-14)23(26)27/h3-5,10-13H,6-9H2,1-2H3,(H,20,21,24). The van der Waals surface area contributed by atoms with Crippen molar-refractivity contribution in [1.29, 1.82) is 0 Å². The van der Waals surface area contributed by atoms with E-state index in [2.05, 4.69) is 10.3 Å². The molecule has 2 amide bonds. The molecular weight excluding hydrogens is 380 g/mol. The molecule has 2 heterocycles. The third-order valence-electron chi connectivity index (χ3n) is 4.76. The van der Waals surface area contributed by atoms with Crippen molar-refractivity contribution in [2.24, 2.45) is 11.8 Å². The minimum absolute atomic E-state index is 0.00112. The van der Waals surface area contributed by atoms with Crippen molar-refractivity contribution in [3.8, 4) is 11.3 Å². The van der Waals surface area contributed by atoms with E-state index in [-0.39, 0.29) is 29.3 Å². The van der Waals surface area contributed by atoms with Gasteiger partial charge in [0.25, 0.3) is 5.69 Å². The summed E-state index contributed by atoms with van der Waals surface area (Å²) in [6.07, 6.45) is 1.26. The van der Waals surface area contributed by atoms with Crippen LogP contribution in [-0.4, -0.2) is 39.7 Å². The number of carbonyl (C=O) groups excluding carboxylic acids is 2. The van der Waals surface area contributed by atoms with E-state index in [1.54, 1.807) is 17.5 Å². The number of benzene rings is 1. The Hall–Kier alpha value is -2.81. The fourth-order valence-electron chi connectivity index (χ4n) is 3.18. The highest BCUT2D eigenvalue weighted by Crippen LogP contribution is 2.28. The Morgan fingerprint density at radius 1 is 1.32 bits per heavy atom. The first-order chi connectivity index (χ1) is 13.3. The van der Waals surface area contributed by atoms with Gasteiger partial charge in [-0.05, 0) is 12.8 Å². The zero-order valence-electron chi connectivity index (χ0n) is 15.8. The molecular formula is C19H22N4O4S. The van der Waals surface area contributed by atoms with Gasteiger partial charge in [-0.25, -0.2) is 4.98 Å². The van der Waals surface area contributed by atoms with Crippen molar-refractivity contribution in [2.45, 2.75) is 26.7 Å². The third-order valence-corrected chi connectivity index (χ3v) is 5.52. The first kappa shape index (κ1) is 19.9. The molecule has 1 aromatic carbocycles. The zero-order chi connectivity index (χ0) is 20.3. The largest absolute Gasteiger partial charge is 0.342 e. The van der Waals surface area contributed by atoms with E-state index in [1.807, 2.05) is 18.7 Å². The number of carbonyl (C=O) groups is 2. The molecule has 0 radical (unpaired) electrons. The highest BCUT2D eigenvalue weighted by atomic mass is 32.1. The number of nitrogens with zero attached hydrogens (tertiary/aromatic N) is 3. The second-order valence-corrected chi connectivity index (χ2v) is 7.95. The lowest BCUT2D eigenvalue weighted by Crippen LogP contribution is -2.43. The van der Waals surface area contributed by atoms with E-state index in [4.69, 9.17) is 0 Å². The maximum atomic E-state index is 12.5. The summed E-state index contributed by atoms with van der Waals surface area (Å²) in [5.74, 6) is -0.161. The van der Waals surface area contributed by atoms with Gasteiger partial charge in [-0.3, -0.25) is 19.7 Å². The molecule has 8 nitrogen and oxygen atoms in total. The van der Waals surface area contributed by atoms with Gasteiger partial charge in [-0.1, -0.05) is 26.0 Å². The number of anilines is 1. The van der Waals surface area contributed by atoms with Crippen molar-refractivity contribution < 1.29 is 14.5 Å². The molecule has 0 spiro atoms. The van der Waals surface area contributed by atoms with E-state index in [9.17, 15) is 19.7 Å². The van der Waals surface area contributed by atoms with Gasteiger partial charge in [-0.2, -0.15) is 0 Å². The highest BCUT2D eigenvalue weighted by molar-refractivity contribution is 7.14. The van der Waals surface area contributed by atoms with Gasteiger partial charge in [-0.15, -0.1) is 11.3 Å². The number of nitrogens with one attached hydrogen (secondary N) is 1. The lowest BCUT2D eigenvalue weighted by molar-refractivity contribution is -0.384. The molecule has 1 aromatic heterocycles. The quantitative estimate of drug-likeness (QED) is 0.608. The van der Waals surface area contributed by atoms with Gasteiger partial charge in [0.05, 0.1) is 10.6 Å². The average molecular weight is 402 g/mol. The predicted octanol–water partition coefficient (Wildman–Crippen LogP) is 3.55. The van der Waals surface area contributed by atoms with Crippen LogP contribution in [0.5, 0.6) is 0 Å². The molecule has 3 rings (SSSR count). The summed E-state index contributed by atoms with van der Waals surface area (Å²) in [5, 5.41) is 16.0. The summed E-state index contributed by atoms with van der Waals surface area (Å²) >= 11 is 1.28. The molecule has 0 aliphatic carbocycles. The van der Waals surface area contributed by atoms with E-state index < -0.39 is 4.92 Å². The molecule has 2 aromatic rings. The van der Waals surface area contributed by atoms with Crippen LogP contribution in [0.25, 0.3) is 11.3 Å². The summed E-state index contributed by atoms with van der Waals surface area (Å²) in [6, 6.07) is 6.24. The summed E-state index contributed by atoms with van der Waals surface area (Å²) in [6.45, 7) is 4.93. The predicted molar refractivity (Wildman–Crippen MR) is 107 cm³/mol. The molecule has 1 fully saturated rings. The number of non-ortho nitro benzene ring substituents is 1. The number of nitro benzene ring substituents is 1. The fourth-order valence-corrected chi connectivity index (χ4v) is 3.90. The van der Waals surface area contributed by atoms with Gasteiger partial charge in [0, 0.05) is 48.0 Å². The fraction of sp³-hybridized carbons (Fsp3) is 0.421. The van der Waals surface area contributed by atoms with Gasteiger partial charge in [0.15, 0.2) is 5.13 Å². The van der Waals surface area contributed by atoms with E-state index in [1.165, 1.54) is 23.5 Å². The maximum absolute atomic E-state index is 12.5. The molecule has 28 heavy (non-hydrogen) atoms. The Balaban J connectivity index is 1.60. The van der Waals surface area contributed by atoms with Crippen molar-refractivity contribution in [1.82, 2.24) is 9.88 Å². The Labute approximate surface area is 166 Å². The SMILES string of the molecule is CC(C)C(=O)N1CCC(C(=O)Nc2nc(-c3cccc([N+](=O)[O-])c3)cs2)CC1. The van der Waals surface area contributed by atoms with Crippen LogP contribution in [-0.2, 0) is 9.59 Å². The van der Waals surface area contributed by atoms with Crippen LogP contribution in [0, 0.1) is 22.0 Å². The van der Waals surface area contributed by atoms with Crippen LogP contribution < -0.4 is 5.32 Å². The van der Waals surface area contributed by atoms with Gasteiger partial charge in [0.1, 0.15) is 0 Å². The zero-order valence-corrected chi connectivity index (χ0v) is 16.6. The van der Waals surface area contributed by atoms with Gasteiger partial charge in [0.2, 0.25) is 11.8 Å². The number of thiazole rings is 1. The van der Waals surface area contributed by atoms with Crippen molar-refractivity contribution in [3.63, 3.8) is 0 Å². The number of hydrogen-bond donors (Lipinski definition) is 1. The molecule has 1 aliphatic heterocycles. The molecule has 1 aliphatic rings. The van der Waals surface area contributed by atoms with Crippen LogP contribution in [0.4, 0.5) is 10.8 Å². The van der Waals surface area contributed by atoms with Crippen LogP contribution in [0.1, 0.15) is 26.7 Å². The Kier molecular flexibility index (Phi) is 6.03. The van der Waals surface area contributed by atoms with Crippen molar-refractivity contribution >= 4 is 34.0 Å². The van der Waals surface area contributed by atoms with Crippen LogP contribution in [0.2, 0.25) is 0 Å². The molecule has 1 N–H and O–H groups in total. The molecule has 0 unspecified atom stereocenters. The number of aromatic nitrogens is 1.